The monoisotopic (exact) mass is 696 g/mol. The number of benzene rings is 2. The van der Waals surface area contributed by atoms with E-state index >= 15 is 0 Å². The van der Waals surface area contributed by atoms with Crippen molar-refractivity contribution in [2.75, 3.05) is 18.5 Å². The summed E-state index contributed by atoms with van der Waals surface area (Å²) in [6, 6.07) is 12.4. The molecular weight excluding hydrogens is 660 g/mol. The normalized spacial score (nSPS) is 14.4. The lowest BCUT2D eigenvalue weighted by Gasteiger charge is -2.21. The molecule has 14 heteroatoms. The number of carbonyl (C=O) groups excluding carboxylic acids is 3. The number of fused-ring (bicyclic) bond motifs is 2. The highest BCUT2D eigenvalue weighted by Gasteiger charge is 2.29. The molecule has 262 valence electrons. The Kier molecular flexibility index (Phi) is 8.85. The number of aromatic nitrogens is 7. The Labute approximate surface area is 298 Å². The predicted octanol–water partition coefficient (Wildman–Crippen LogP) is 3.73. The first-order valence-electron chi connectivity index (χ1n) is 16.8. The molecule has 5 heterocycles. The number of nitrogens with zero attached hydrogens (tertiary/aromatic N) is 8. The molecule has 1 fully saturated rings. The van der Waals surface area contributed by atoms with Crippen molar-refractivity contribution >= 4 is 51.0 Å². The van der Waals surface area contributed by atoms with Gasteiger partial charge in [0, 0.05) is 56.0 Å². The van der Waals surface area contributed by atoms with E-state index in [4.69, 9.17) is 0 Å². The van der Waals surface area contributed by atoms with Gasteiger partial charge in [-0.1, -0.05) is 25.7 Å². The molecule has 0 spiro atoms. The number of nitrogens with one attached hydrogen (secondary N) is 2. The maximum Gasteiger partial charge on any atom is 0.328 e. The molecule has 1 aliphatic heterocycles. The van der Waals surface area contributed by atoms with Crippen LogP contribution in [0.3, 0.4) is 0 Å². The molecule has 2 aromatic carbocycles. The van der Waals surface area contributed by atoms with Gasteiger partial charge in [0.1, 0.15) is 11.7 Å². The van der Waals surface area contributed by atoms with E-state index in [0.717, 1.165) is 38.9 Å². The summed E-state index contributed by atoms with van der Waals surface area (Å²) in [6.07, 6.45) is 7.32. The number of carbonyl (C=O) groups is 3. The largest absolute Gasteiger partial charge is 0.342 e. The lowest BCUT2D eigenvalue weighted by molar-refractivity contribution is -0.135. The van der Waals surface area contributed by atoms with E-state index in [1.165, 1.54) is 0 Å². The second kappa shape index (κ2) is 13.6. The van der Waals surface area contributed by atoms with Crippen molar-refractivity contribution < 1.29 is 14.4 Å². The van der Waals surface area contributed by atoms with Crippen LogP contribution < -0.4 is 21.2 Å². The molecule has 0 saturated carbocycles. The standard InChI is InChI=1S/C38H36N10O4/c1-22(2)28-16-26(17-32-34(28)47(5)38(52)46(32)4)45(3)27-20-41-35(42-21-27)25-10-11-29(40-18-25)36(50)39-14-6-7-23-8-9-24-19-43-48(31(24)15-23)30-12-13-33(49)44-37(30)51/h8-11,15-22,30H,12-14H2,1-5H3,(H,39,50)(H,44,49,51). The third-order valence-corrected chi connectivity index (χ3v) is 9.34. The van der Waals surface area contributed by atoms with Crippen LogP contribution in [-0.2, 0) is 23.7 Å². The molecule has 2 N–H and O–H groups in total. The lowest BCUT2D eigenvalue weighted by atomic mass is 10.00. The van der Waals surface area contributed by atoms with Crippen molar-refractivity contribution in [2.45, 2.75) is 38.6 Å². The lowest BCUT2D eigenvalue weighted by Crippen LogP contribution is -2.42. The van der Waals surface area contributed by atoms with Gasteiger partial charge >= 0.3 is 5.69 Å². The zero-order valence-electron chi connectivity index (χ0n) is 29.3. The summed E-state index contributed by atoms with van der Waals surface area (Å²) in [4.78, 5) is 64.8. The number of pyridine rings is 1. The van der Waals surface area contributed by atoms with Gasteiger partial charge in [-0.2, -0.15) is 5.10 Å². The van der Waals surface area contributed by atoms with E-state index in [1.54, 1.807) is 64.8 Å². The van der Waals surface area contributed by atoms with Crippen molar-refractivity contribution in [3.05, 3.63) is 94.6 Å². The van der Waals surface area contributed by atoms with Gasteiger partial charge in [0.05, 0.1) is 47.4 Å². The van der Waals surface area contributed by atoms with Crippen LogP contribution in [0.5, 0.6) is 0 Å². The third kappa shape index (κ3) is 6.28. The minimum Gasteiger partial charge on any atom is -0.342 e. The fraction of sp³-hybridized carbons (Fsp3) is 0.263. The summed E-state index contributed by atoms with van der Waals surface area (Å²) in [7, 11) is 5.51. The van der Waals surface area contributed by atoms with E-state index in [9.17, 15) is 19.2 Å². The van der Waals surface area contributed by atoms with Crippen LogP contribution in [-0.4, -0.2) is 65.2 Å². The molecule has 6 aromatic rings. The number of imide groups is 1. The molecule has 1 saturated heterocycles. The highest BCUT2D eigenvalue weighted by Crippen LogP contribution is 2.33. The fourth-order valence-electron chi connectivity index (χ4n) is 6.40. The molecule has 1 aliphatic rings. The van der Waals surface area contributed by atoms with Crippen LogP contribution in [0, 0.1) is 11.8 Å². The number of hydrogen-bond donors (Lipinski definition) is 2. The quantitative estimate of drug-likeness (QED) is 0.187. The Morgan fingerprint density at radius 1 is 0.962 bits per heavy atom. The predicted molar refractivity (Wildman–Crippen MR) is 196 cm³/mol. The highest BCUT2D eigenvalue weighted by molar-refractivity contribution is 6.00. The minimum atomic E-state index is -0.567. The van der Waals surface area contributed by atoms with Gasteiger partial charge in [-0.15, -0.1) is 0 Å². The van der Waals surface area contributed by atoms with E-state index < -0.39 is 6.04 Å². The van der Waals surface area contributed by atoms with Gasteiger partial charge in [0.25, 0.3) is 11.8 Å². The molecule has 1 atom stereocenters. The summed E-state index contributed by atoms with van der Waals surface area (Å²) in [6.45, 7) is 4.32. The SMILES string of the molecule is CC(C)c1cc(N(C)c2cnc(-c3ccc(C(=O)NCC#Cc4ccc5cnn(C6CCC(=O)NC6=O)c5c4)nc3)nc2)cc2c1n(C)c(=O)n2C. The summed E-state index contributed by atoms with van der Waals surface area (Å²) in [5.41, 5.74) is 6.78. The van der Waals surface area contributed by atoms with E-state index in [2.05, 4.69) is 62.4 Å². The van der Waals surface area contributed by atoms with Gasteiger partial charge in [0.2, 0.25) is 5.91 Å². The third-order valence-electron chi connectivity index (χ3n) is 9.34. The summed E-state index contributed by atoms with van der Waals surface area (Å²) in [5, 5.41) is 10.4. The summed E-state index contributed by atoms with van der Waals surface area (Å²) in [5.74, 6) is 5.64. The number of aryl methyl sites for hydroxylation is 2. The Hall–Kier alpha value is -6.62. The van der Waals surface area contributed by atoms with Crippen LogP contribution in [0.4, 0.5) is 11.4 Å². The van der Waals surface area contributed by atoms with Gasteiger partial charge in [-0.05, 0) is 60.4 Å². The van der Waals surface area contributed by atoms with Crippen LogP contribution in [0.1, 0.15) is 60.3 Å². The summed E-state index contributed by atoms with van der Waals surface area (Å²) < 4.78 is 4.98. The maximum atomic E-state index is 12.8. The maximum absolute atomic E-state index is 12.8. The number of amides is 3. The molecule has 0 radical (unpaired) electrons. The first kappa shape index (κ1) is 33.9. The molecule has 7 rings (SSSR count). The number of piperidine rings is 1. The molecule has 14 nitrogen and oxygen atoms in total. The van der Waals surface area contributed by atoms with Gasteiger partial charge in [-0.3, -0.25) is 38.5 Å². The Morgan fingerprint density at radius 2 is 1.75 bits per heavy atom. The van der Waals surface area contributed by atoms with Crippen molar-refractivity contribution in [2.24, 2.45) is 14.1 Å². The minimum absolute atomic E-state index is 0.0696. The topological polar surface area (TPSA) is 162 Å². The van der Waals surface area contributed by atoms with Crippen molar-refractivity contribution in [1.29, 1.82) is 0 Å². The Balaban J connectivity index is 0.992. The second-order valence-corrected chi connectivity index (χ2v) is 13.0. The van der Waals surface area contributed by atoms with Crippen LogP contribution in [0.2, 0.25) is 0 Å². The van der Waals surface area contributed by atoms with Gasteiger partial charge in [-0.25, -0.2) is 14.8 Å². The van der Waals surface area contributed by atoms with E-state index in [-0.39, 0.29) is 48.0 Å². The Morgan fingerprint density at radius 3 is 2.46 bits per heavy atom. The highest BCUT2D eigenvalue weighted by atomic mass is 16.2. The smallest absolute Gasteiger partial charge is 0.328 e. The van der Waals surface area contributed by atoms with Crippen molar-refractivity contribution in [3.8, 4) is 23.2 Å². The average Bonchev–Trinajstić information content (AvgIpc) is 3.66. The first-order valence-corrected chi connectivity index (χ1v) is 16.8. The van der Waals surface area contributed by atoms with E-state index in [1.807, 2.05) is 36.2 Å². The second-order valence-electron chi connectivity index (χ2n) is 13.0. The molecule has 0 bridgehead atoms. The number of anilines is 2. The molecular formula is C38H36N10O4. The zero-order chi connectivity index (χ0) is 36.7. The van der Waals surface area contributed by atoms with Crippen LogP contribution >= 0.6 is 0 Å². The number of rotatable bonds is 7. The zero-order valence-corrected chi connectivity index (χ0v) is 29.3. The summed E-state index contributed by atoms with van der Waals surface area (Å²) >= 11 is 0. The van der Waals surface area contributed by atoms with Gasteiger partial charge in [0.15, 0.2) is 5.82 Å². The average molecular weight is 697 g/mol. The Bertz CT molecular complexity index is 2500. The molecule has 0 aliphatic carbocycles. The van der Waals surface area contributed by atoms with Crippen LogP contribution in [0.25, 0.3) is 33.3 Å². The molecule has 3 amide bonds. The number of imidazole rings is 1. The molecule has 1 unspecified atom stereocenters. The molecule has 52 heavy (non-hydrogen) atoms. The van der Waals surface area contributed by atoms with Crippen LogP contribution in [0.15, 0.2) is 72.0 Å². The fourth-order valence-corrected chi connectivity index (χ4v) is 6.40. The van der Waals surface area contributed by atoms with Gasteiger partial charge < -0.3 is 10.2 Å². The van der Waals surface area contributed by atoms with E-state index in [0.29, 0.717) is 23.4 Å². The molecule has 4 aromatic heterocycles. The number of hydrogen-bond acceptors (Lipinski definition) is 9. The van der Waals surface area contributed by atoms with Crippen molar-refractivity contribution in [1.82, 2.24) is 44.5 Å². The first-order chi connectivity index (χ1) is 25.0. The van der Waals surface area contributed by atoms with Crippen molar-refractivity contribution in [3.63, 3.8) is 0 Å².